The third-order valence-corrected chi connectivity index (χ3v) is 9.50. The van der Waals surface area contributed by atoms with Crippen molar-refractivity contribution < 1.29 is 125 Å². The second-order valence-electron chi connectivity index (χ2n) is 14.4. The number of carbonyl (C=O) groups excluding carboxylic acids is 2. The number of hydrogen-bond donors (Lipinski definition) is 19. The normalized spacial score (nSPS) is 31.6. The number of nitrogens with one attached hydrogen (secondary N) is 2. The first-order valence-corrected chi connectivity index (χ1v) is 19.3. The molecule has 2 heterocycles. The van der Waals surface area contributed by atoms with Crippen LogP contribution in [-0.4, -0.2) is 242 Å². The molecule has 0 aliphatic carbocycles. The van der Waals surface area contributed by atoms with E-state index in [1.54, 1.807) is 0 Å². The first-order chi connectivity index (χ1) is 29.1. The molecule has 19 N–H and O–H groups in total. The molecule has 0 aromatic rings. The van der Waals surface area contributed by atoms with Gasteiger partial charge in [0.25, 0.3) is 0 Å². The van der Waals surface area contributed by atoms with E-state index in [1.807, 2.05) is 0 Å². The van der Waals surface area contributed by atoms with E-state index in [0.29, 0.717) is 0 Å². The van der Waals surface area contributed by atoms with Crippen molar-refractivity contribution in [1.82, 2.24) is 10.6 Å². The summed E-state index contributed by atoms with van der Waals surface area (Å²) in [5.41, 5.74) is -1.43. The number of carbonyl (C=O) groups is 2. The van der Waals surface area contributed by atoms with E-state index in [2.05, 4.69) is 10.6 Å². The molecule has 27 nitrogen and oxygen atoms in total. The molecule has 2 saturated heterocycles. The molecular formula is C35H62N2O25. The van der Waals surface area contributed by atoms with E-state index in [-0.39, 0.29) is 0 Å². The van der Waals surface area contributed by atoms with E-state index >= 15 is 0 Å². The van der Waals surface area contributed by atoms with Gasteiger partial charge in [-0.15, -0.1) is 0 Å². The third kappa shape index (κ3) is 15.1. The molecule has 0 radical (unpaired) electrons. The van der Waals surface area contributed by atoms with E-state index in [9.17, 15) is 91.3 Å². The Hall–Kier alpha value is -2.82. The first-order valence-electron chi connectivity index (χ1n) is 19.3. The number of aliphatic hydroxyl groups excluding tert-OH is 17. The standard InChI is InChI=1S/C35H62N2O25/c1-12(42)20(36-13(2)43)23(47)16(5-8-39)58-32(55)21(37-14(3)44)24(48)17(6-9-40)59-35-30(54)31(62-34-29(53)27(51)25(49)18(10-41)60-34)26(50)19(61-35)11-57-33(56)28(52)22(46)15(45)4-7-38/h12,15-19,22,25-35,38-42,45-56H,4-11H2,1-3H3,(H,36,43)(H,37,44)/b23-20-,24-21-/t12-,15+,16+,17+,18?,19?,22?,25+,26+,27?,28?,29?,30?,31?,32-,33+,34+,35+/m0/s1. The van der Waals surface area contributed by atoms with Crippen LogP contribution in [0.4, 0.5) is 0 Å². The summed E-state index contributed by atoms with van der Waals surface area (Å²) in [5.74, 6) is -3.75. The molecule has 0 aromatic carbocycles. The zero-order valence-corrected chi connectivity index (χ0v) is 33.9. The smallest absolute Gasteiger partial charge is 0.221 e. The highest BCUT2D eigenvalue weighted by Crippen LogP contribution is 2.32. The molecule has 2 fully saturated rings. The van der Waals surface area contributed by atoms with E-state index in [4.69, 9.17) is 33.5 Å². The van der Waals surface area contributed by atoms with Crippen molar-refractivity contribution in [1.29, 1.82) is 0 Å². The van der Waals surface area contributed by atoms with Gasteiger partial charge in [-0.3, -0.25) is 9.59 Å². The highest BCUT2D eigenvalue weighted by molar-refractivity contribution is 5.75. The Balaban J connectivity index is 2.60. The highest BCUT2D eigenvalue weighted by Gasteiger charge is 2.52. The number of ether oxygens (including phenoxy) is 6. The third-order valence-electron chi connectivity index (χ3n) is 9.50. The van der Waals surface area contributed by atoms with Crippen molar-refractivity contribution in [2.45, 2.75) is 151 Å². The topological polar surface area (TPSA) is 457 Å². The van der Waals surface area contributed by atoms with Gasteiger partial charge in [0.05, 0.1) is 31.1 Å². The fourth-order valence-electron chi connectivity index (χ4n) is 6.16. The van der Waals surface area contributed by atoms with Crippen molar-refractivity contribution >= 4 is 11.8 Å². The summed E-state index contributed by atoms with van der Waals surface area (Å²) in [7, 11) is 0. The van der Waals surface area contributed by atoms with Crippen LogP contribution < -0.4 is 10.6 Å². The molecule has 2 aliphatic heterocycles. The number of rotatable bonds is 25. The minimum absolute atomic E-state index is 0.419. The van der Waals surface area contributed by atoms with Crippen molar-refractivity contribution in [3.63, 3.8) is 0 Å². The van der Waals surface area contributed by atoms with Gasteiger partial charge in [0.1, 0.15) is 90.5 Å². The van der Waals surface area contributed by atoms with E-state index < -0.39 is 198 Å². The summed E-state index contributed by atoms with van der Waals surface area (Å²) in [6.45, 7) is -0.970. The van der Waals surface area contributed by atoms with Gasteiger partial charge in [0, 0.05) is 46.5 Å². The van der Waals surface area contributed by atoms with Crippen LogP contribution in [0.1, 0.15) is 40.0 Å². The quantitative estimate of drug-likeness (QED) is 0.0299. The maximum Gasteiger partial charge on any atom is 0.221 e. The lowest BCUT2D eigenvalue weighted by atomic mass is 9.96. The van der Waals surface area contributed by atoms with Crippen molar-refractivity contribution in [2.75, 3.05) is 33.0 Å². The molecule has 0 aromatic heterocycles. The molecule has 362 valence electrons. The molecule has 2 rings (SSSR count). The fourth-order valence-corrected chi connectivity index (χ4v) is 6.16. The molecule has 8 unspecified atom stereocenters. The summed E-state index contributed by atoms with van der Waals surface area (Å²) < 4.78 is 32.9. The van der Waals surface area contributed by atoms with Gasteiger partial charge >= 0.3 is 0 Å². The van der Waals surface area contributed by atoms with Gasteiger partial charge in [0.15, 0.2) is 18.9 Å². The van der Waals surface area contributed by atoms with Crippen molar-refractivity contribution in [3.05, 3.63) is 22.9 Å². The van der Waals surface area contributed by atoms with Crippen LogP contribution >= 0.6 is 0 Å². The number of amides is 2. The minimum Gasteiger partial charge on any atom is -0.508 e. The fraction of sp³-hybridized carbons (Fsp3) is 0.829. The van der Waals surface area contributed by atoms with Gasteiger partial charge in [-0.1, -0.05) is 0 Å². The van der Waals surface area contributed by atoms with Crippen LogP contribution in [0.3, 0.4) is 0 Å². The summed E-state index contributed by atoms with van der Waals surface area (Å²) in [4.78, 5) is 24.0. The number of hydrogen-bond acceptors (Lipinski definition) is 25. The second-order valence-corrected chi connectivity index (χ2v) is 14.4. The molecule has 18 atom stereocenters. The number of aliphatic hydroxyl groups is 17. The van der Waals surface area contributed by atoms with Gasteiger partial charge in [-0.25, -0.2) is 0 Å². The monoisotopic (exact) mass is 910 g/mol. The molecular weight excluding hydrogens is 848 g/mol. The average Bonchev–Trinajstić information content (AvgIpc) is 3.21. The molecule has 0 bridgehead atoms. The first kappa shape index (κ1) is 55.3. The van der Waals surface area contributed by atoms with Gasteiger partial charge in [0.2, 0.25) is 18.1 Å². The Labute approximate surface area is 353 Å². The zero-order valence-electron chi connectivity index (χ0n) is 33.9. The molecule has 2 amide bonds. The van der Waals surface area contributed by atoms with Crippen LogP contribution in [-0.2, 0) is 38.0 Å². The summed E-state index contributed by atoms with van der Waals surface area (Å²) in [6, 6.07) is 0. The largest absolute Gasteiger partial charge is 0.508 e. The molecule has 0 saturated carbocycles. The van der Waals surface area contributed by atoms with Crippen LogP contribution in [0.5, 0.6) is 0 Å². The predicted molar refractivity (Wildman–Crippen MR) is 199 cm³/mol. The SMILES string of the molecule is CC(=O)N/C(=C(\O)[C@@H](CCO)O[C@H](O)/C(NC(C)=O)=C(/O)[C@@H](CCO)O[C@@H]1OC(CO[C@@H](O)C(O)C(O)[C@H](O)CCO)[C@@H](O)C(O[C@H]2OC(CO)[C@@H](O)C(O)C2O)C1O)[C@H](C)O. The van der Waals surface area contributed by atoms with Gasteiger partial charge in [-0.2, -0.15) is 0 Å². The maximum absolute atomic E-state index is 12.3. The van der Waals surface area contributed by atoms with E-state index in [1.165, 1.54) is 0 Å². The molecule has 0 spiro atoms. The Morgan fingerprint density at radius 2 is 1.18 bits per heavy atom. The van der Waals surface area contributed by atoms with Crippen LogP contribution in [0, 0.1) is 0 Å². The maximum atomic E-state index is 12.3. The Morgan fingerprint density at radius 1 is 0.645 bits per heavy atom. The minimum atomic E-state index is -2.46. The predicted octanol–water partition coefficient (Wildman–Crippen LogP) is -8.54. The summed E-state index contributed by atoms with van der Waals surface area (Å²) >= 11 is 0. The Morgan fingerprint density at radius 3 is 1.71 bits per heavy atom. The Kier molecular flexibility index (Phi) is 23.4. The van der Waals surface area contributed by atoms with Crippen LogP contribution in [0.25, 0.3) is 0 Å². The zero-order chi connectivity index (χ0) is 47.2. The van der Waals surface area contributed by atoms with Crippen molar-refractivity contribution in [2.24, 2.45) is 0 Å². The van der Waals surface area contributed by atoms with E-state index in [0.717, 1.165) is 20.8 Å². The summed E-state index contributed by atoms with van der Waals surface area (Å²) in [5, 5.41) is 181. The lowest BCUT2D eigenvalue weighted by molar-refractivity contribution is -0.366. The average molecular weight is 911 g/mol. The highest BCUT2D eigenvalue weighted by atomic mass is 16.7. The molecule has 62 heavy (non-hydrogen) atoms. The lowest BCUT2D eigenvalue weighted by Gasteiger charge is -2.46. The molecule has 27 heteroatoms. The van der Waals surface area contributed by atoms with Gasteiger partial charge < -0.3 is 126 Å². The summed E-state index contributed by atoms with van der Waals surface area (Å²) in [6.07, 6.45) is -37.6. The van der Waals surface area contributed by atoms with Crippen LogP contribution in [0.2, 0.25) is 0 Å². The van der Waals surface area contributed by atoms with Crippen molar-refractivity contribution in [3.8, 4) is 0 Å². The Bertz CT molecular complexity index is 1440. The second kappa shape index (κ2) is 26.2. The van der Waals surface area contributed by atoms with Gasteiger partial charge in [-0.05, 0) is 13.3 Å². The lowest BCUT2D eigenvalue weighted by Crippen LogP contribution is -2.65. The molecule has 2 aliphatic rings. The van der Waals surface area contributed by atoms with Crippen LogP contribution in [0.15, 0.2) is 22.9 Å².